The summed E-state index contributed by atoms with van der Waals surface area (Å²) in [4.78, 5) is 4.92. The Bertz CT molecular complexity index is 1150. The minimum atomic E-state index is -4.41. The predicted molar refractivity (Wildman–Crippen MR) is 107 cm³/mol. The van der Waals surface area contributed by atoms with Crippen LogP contribution in [0.15, 0.2) is 59.7 Å². The van der Waals surface area contributed by atoms with Gasteiger partial charge in [0.05, 0.1) is 28.7 Å². The number of benzene rings is 2. The first-order valence-electron chi connectivity index (χ1n) is 9.83. The fraction of sp³-hybridized carbons (Fsp3) is 0.261. The highest BCUT2D eigenvalue weighted by Gasteiger charge is 2.32. The molecular formula is C23H19F3N2O2. The van der Waals surface area contributed by atoms with E-state index in [2.05, 4.69) is 0 Å². The first-order chi connectivity index (χ1) is 14.5. The summed E-state index contributed by atoms with van der Waals surface area (Å²) in [5.74, 6) is 1.34. The molecule has 1 unspecified atom stereocenters. The molecule has 2 aromatic carbocycles. The van der Waals surface area contributed by atoms with Gasteiger partial charge in [-0.05, 0) is 36.8 Å². The zero-order valence-electron chi connectivity index (χ0n) is 16.2. The number of hydrogen-bond acceptors (Lipinski definition) is 3. The topological polar surface area (TPSA) is 35.8 Å². The zero-order valence-corrected chi connectivity index (χ0v) is 16.2. The molecule has 2 aliphatic heterocycles. The Kier molecular flexibility index (Phi) is 4.34. The van der Waals surface area contributed by atoms with Crippen molar-refractivity contribution in [2.75, 3.05) is 13.2 Å². The van der Waals surface area contributed by atoms with Gasteiger partial charge in [-0.15, -0.1) is 0 Å². The second-order valence-corrected chi connectivity index (χ2v) is 7.30. The third-order valence-corrected chi connectivity index (χ3v) is 5.44. The number of hydrogen-bond donors (Lipinski definition) is 0. The molecule has 0 radical (unpaired) electrons. The summed E-state index contributed by atoms with van der Waals surface area (Å²) in [5.41, 5.74) is 2.89. The molecule has 0 bridgehead atoms. The molecule has 154 valence electrons. The van der Waals surface area contributed by atoms with Crippen molar-refractivity contribution < 1.29 is 22.6 Å². The van der Waals surface area contributed by atoms with Crippen molar-refractivity contribution in [2.45, 2.75) is 25.6 Å². The smallest absolute Gasteiger partial charge is 0.416 e. The highest BCUT2D eigenvalue weighted by atomic mass is 19.4. The second kappa shape index (κ2) is 6.93. The number of aliphatic imine (C=N–C) groups is 1. The molecule has 0 N–H and O–H groups in total. The lowest BCUT2D eigenvalue weighted by atomic mass is 10.0. The lowest BCUT2D eigenvalue weighted by Gasteiger charge is -2.22. The summed E-state index contributed by atoms with van der Waals surface area (Å²) >= 11 is 0. The van der Waals surface area contributed by atoms with E-state index in [0.29, 0.717) is 42.4 Å². The normalized spacial score (nSPS) is 17.6. The van der Waals surface area contributed by atoms with E-state index in [1.807, 2.05) is 42.0 Å². The van der Waals surface area contributed by atoms with E-state index < -0.39 is 11.7 Å². The van der Waals surface area contributed by atoms with E-state index in [9.17, 15) is 13.2 Å². The highest BCUT2D eigenvalue weighted by Crippen LogP contribution is 2.41. The van der Waals surface area contributed by atoms with Crippen LogP contribution >= 0.6 is 0 Å². The second-order valence-electron chi connectivity index (χ2n) is 7.30. The summed E-state index contributed by atoms with van der Waals surface area (Å²) < 4.78 is 53.4. The first-order valence-corrected chi connectivity index (χ1v) is 9.83. The van der Waals surface area contributed by atoms with Gasteiger partial charge in [-0.1, -0.05) is 19.1 Å². The first kappa shape index (κ1) is 18.8. The summed E-state index contributed by atoms with van der Waals surface area (Å²) in [5, 5.41) is 0. The minimum absolute atomic E-state index is 0.222. The molecule has 4 nitrogen and oxygen atoms in total. The van der Waals surface area contributed by atoms with Gasteiger partial charge in [0.1, 0.15) is 13.2 Å². The summed E-state index contributed by atoms with van der Waals surface area (Å²) in [6.07, 6.45) is -1.82. The van der Waals surface area contributed by atoms with Crippen LogP contribution < -0.4 is 9.47 Å². The van der Waals surface area contributed by atoms with Gasteiger partial charge in [-0.3, -0.25) is 4.99 Å². The molecule has 30 heavy (non-hydrogen) atoms. The maximum Gasteiger partial charge on any atom is 0.416 e. The van der Waals surface area contributed by atoms with Crippen molar-refractivity contribution in [3.05, 3.63) is 77.1 Å². The van der Waals surface area contributed by atoms with Gasteiger partial charge < -0.3 is 14.0 Å². The van der Waals surface area contributed by atoms with Crippen LogP contribution in [0.25, 0.3) is 5.69 Å². The van der Waals surface area contributed by atoms with E-state index in [1.165, 1.54) is 6.07 Å². The molecule has 0 fully saturated rings. The van der Waals surface area contributed by atoms with Crippen molar-refractivity contribution >= 4 is 5.71 Å². The number of nitrogens with zero attached hydrogens (tertiary/aromatic N) is 2. The molecule has 0 aliphatic carbocycles. The largest absolute Gasteiger partial charge is 0.486 e. The van der Waals surface area contributed by atoms with Gasteiger partial charge in [-0.2, -0.15) is 13.2 Å². The van der Waals surface area contributed by atoms with Gasteiger partial charge in [0.2, 0.25) is 0 Å². The SMILES string of the molecule is CCC1N=C(c2cccc(C(F)(F)F)c2)c2cccn2-c2cc3c(cc21)OCCO3. The van der Waals surface area contributed by atoms with Crippen molar-refractivity contribution in [1.82, 2.24) is 4.57 Å². The van der Waals surface area contributed by atoms with Crippen LogP contribution in [0.2, 0.25) is 0 Å². The molecule has 1 atom stereocenters. The summed E-state index contributed by atoms with van der Waals surface area (Å²) in [6.45, 7) is 2.97. The Morgan fingerprint density at radius 3 is 2.53 bits per heavy atom. The average Bonchev–Trinajstić information content (AvgIpc) is 3.18. The van der Waals surface area contributed by atoms with Gasteiger partial charge in [0, 0.05) is 23.4 Å². The molecule has 3 heterocycles. The van der Waals surface area contributed by atoms with Crippen LogP contribution in [0, 0.1) is 0 Å². The van der Waals surface area contributed by atoms with Crippen molar-refractivity contribution in [3.8, 4) is 17.2 Å². The fourth-order valence-electron chi connectivity index (χ4n) is 4.02. The van der Waals surface area contributed by atoms with Crippen molar-refractivity contribution in [1.29, 1.82) is 0 Å². The number of rotatable bonds is 2. The predicted octanol–water partition coefficient (Wildman–Crippen LogP) is 5.57. The number of alkyl halides is 3. The lowest BCUT2D eigenvalue weighted by Crippen LogP contribution is -2.16. The van der Waals surface area contributed by atoms with Gasteiger partial charge >= 0.3 is 6.18 Å². The van der Waals surface area contributed by atoms with E-state index in [1.54, 1.807) is 6.07 Å². The summed E-state index contributed by atoms with van der Waals surface area (Å²) in [6, 6.07) is 12.7. The summed E-state index contributed by atoms with van der Waals surface area (Å²) in [7, 11) is 0. The number of fused-ring (bicyclic) bond motifs is 4. The Hall–Kier alpha value is -3.22. The van der Waals surface area contributed by atoms with E-state index in [4.69, 9.17) is 14.5 Å². The van der Waals surface area contributed by atoms with Crippen LogP contribution in [0.5, 0.6) is 11.5 Å². The Morgan fingerprint density at radius 1 is 1.03 bits per heavy atom. The Balaban J connectivity index is 1.72. The van der Waals surface area contributed by atoms with E-state index in [-0.39, 0.29) is 6.04 Å². The molecule has 0 spiro atoms. The van der Waals surface area contributed by atoms with Gasteiger partial charge in [0.15, 0.2) is 11.5 Å². The van der Waals surface area contributed by atoms with Crippen LogP contribution in [0.1, 0.15) is 41.8 Å². The maximum absolute atomic E-state index is 13.3. The minimum Gasteiger partial charge on any atom is -0.486 e. The molecule has 7 heteroatoms. The number of aromatic nitrogens is 1. The fourth-order valence-corrected chi connectivity index (χ4v) is 4.02. The molecule has 5 rings (SSSR count). The van der Waals surface area contributed by atoms with Crippen LogP contribution in [0.3, 0.4) is 0 Å². The van der Waals surface area contributed by atoms with Gasteiger partial charge in [-0.25, -0.2) is 0 Å². The quantitative estimate of drug-likeness (QED) is 0.552. The van der Waals surface area contributed by atoms with Crippen LogP contribution in [-0.2, 0) is 6.18 Å². The standard InChI is InChI=1S/C23H19F3N2O2/c1-2-17-16-12-20-21(30-10-9-29-20)13-19(16)28-8-4-7-18(28)22(27-17)14-5-3-6-15(11-14)23(24,25)26/h3-8,11-13,17H,2,9-10H2,1H3. The van der Waals surface area contributed by atoms with Crippen molar-refractivity contribution in [3.63, 3.8) is 0 Å². The molecule has 2 aliphatic rings. The van der Waals surface area contributed by atoms with Gasteiger partial charge in [0.25, 0.3) is 0 Å². The zero-order chi connectivity index (χ0) is 20.9. The number of ether oxygens (including phenoxy) is 2. The molecular weight excluding hydrogens is 393 g/mol. The number of halogens is 3. The monoisotopic (exact) mass is 412 g/mol. The Morgan fingerprint density at radius 2 is 1.80 bits per heavy atom. The Labute approximate surface area is 171 Å². The lowest BCUT2D eigenvalue weighted by molar-refractivity contribution is -0.137. The molecule has 0 saturated heterocycles. The third-order valence-electron chi connectivity index (χ3n) is 5.44. The molecule has 0 amide bonds. The van der Waals surface area contributed by atoms with E-state index >= 15 is 0 Å². The van der Waals surface area contributed by atoms with E-state index in [0.717, 1.165) is 29.1 Å². The van der Waals surface area contributed by atoms with Crippen molar-refractivity contribution in [2.24, 2.45) is 4.99 Å². The molecule has 3 aromatic rings. The highest BCUT2D eigenvalue weighted by molar-refractivity contribution is 6.13. The average molecular weight is 412 g/mol. The molecule has 1 aromatic heterocycles. The van der Waals surface area contributed by atoms with Crippen LogP contribution in [-0.4, -0.2) is 23.5 Å². The molecule has 0 saturated carbocycles. The third kappa shape index (κ3) is 3.05. The van der Waals surface area contributed by atoms with Crippen LogP contribution in [0.4, 0.5) is 13.2 Å². The maximum atomic E-state index is 13.3.